The molecule has 0 aliphatic carbocycles. The van der Waals surface area contributed by atoms with Gasteiger partial charge in [0.05, 0.1) is 12.7 Å². The van der Waals surface area contributed by atoms with Crippen molar-refractivity contribution < 1.29 is 9.53 Å². The summed E-state index contributed by atoms with van der Waals surface area (Å²) in [5.41, 5.74) is 0. The molecule has 0 aromatic rings. The standard InChI is InChI=1S/C9H18ClNO2/c1-7(2)13-5-4-11-9(12)8(3)6-10/h7-8H,4-6H2,1-3H3,(H,11,12). The fraction of sp³-hybridized carbons (Fsp3) is 0.889. The normalized spacial score (nSPS) is 13.0. The average molecular weight is 208 g/mol. The molecule has 3 nitrogen and oxygen atoms in total. The van der Waals surface area contributed by atoms with Crippen LogP contribution in [-0.4, -0.2) is 31.0 Å². The minimum absolute atomic E-state index is 0.0117. The van der Waals surface area contributed by atoms with Crippen LogP contribution in [0.3, 0.4) is 0 Å². The number of alkyl halides is 1. The van der Waals surface area contributed by atoms with Crippen LogP contribution < -0.4 is 5.32 Å². The van der Waals surface area contributed by atoms with Gasteiger partial charge in [0, 0.05) is 18.3 Å². The van der Waals surface area contributed by atoms with Crippen LogP contribution in [0.5, 0.6) is 0 Å². The molecule has 1 amide bonds. The maximum Gasteiger partial charge on any atom is 0.224 e. The Bertz CT molecular complexity index is 151. The highest BCUT2D eigenvalue weighted by Gasteiger charge is 2.09. The monoisotopic (exact) mass is 207 g/mol. The fourth-order valence-electron chi connectivity index (χ4n) is 0.713. The van der Waals surface area contributed by atoms with E-state index in [1.807, 2.05) is 13.8 Å². The van der Waals surface area contributed by atoms with Gasteiger partial charge in [-0.25, -0.2) is 0 Å². The van der Waals surface area contributed by atoms with Crippen LogP contribution in [-0.2, 0) is 9.53 Å². The van der Waals surface area contributed by atoms with E-state index in [9.17, 15) is 4.79 Å². The van der Waals surface area contributed by atoms with Crippen LogP contribution in [0.4, 0.5) is 0 Å². The third-order valence-corrected chi connectivity index (χ3v) is 1.99. The largest absolute Gasteiger partial charge is 0.377 e. The van der Waals surface area contributed by atoms with Crippen molar-refractivity contribution in [2.45, 2.75) is 26.9 Å². The maximum absolute atomic E-state index is 11.2. The molecule has 13 heavy (non-hydrogen) atoms. The Kier molecular flexibility index (Phi) is 7.00. The number of hydrogen-bond acceptors (Lipinski definition) is 2. The minimum atomic E-state index is -0.124. The number of carbonyl (C=O) groups excluding carboxylic acids is 1. The maximum atomic E-state index is 11.2. The Morgan fingerprint density at radius 2 is 2.08 bits per heavy atom. The van der Waals surface area contributed by atoms with E-state index in [1.165, 1.54) is 0 Å². The fourth-order valence-corrected chi connectivity index (χ4v) is 0.853. The molecular weight excluding hydrogens is 190 g/mol. The lowest BCUT2D eigenvalue weighted by Gasteiger charge is -2.10. The molecule has 4 heteroatoms. The lowest BCUT2D eigenvalue weighted by atomic mass is 10.2. The van der Waals surface area contributed by atoms with Gasteiger partial charge in [-0.3, -0.25) is 4.79 Å². The third-order valence-electron chi connectivity index (χ3n) is 1.53. The molecule has 0 aliphatic rings. The van der Waals surface area contributed by atoms with Gasteiger partial charge in [-0.15, -0.1) is 11.6 Å². The minimum Gasteiger partial charge on any atom is -0.377 e. The van der Waals surface area contributed by atoms with Crippen molar-refractivity contribution in [2.75, 3.05) is 19.0 Å². The second kappa shape index (κ2) is 7.15. The molecule has 0 aromatic heterocycles. The van der Waals surface area contributed by atoms with Gasteiger partial charge in [-0.1, -0.05) is 6.92 Å². The van der Waals surface area contributed by atoms with Gasteiger partial charge in [0.15, 0.2) is 0 Å². The molecule has 1 unspecified atom stereocenters. The highest BCUT2D eigenvalue weighted by atomic mass is 35.5. The Labute approximate surface area is 84.8 Å². The summed E-state index contributed by atoms with van der Waals surface area (Å²) >= 11 is 5.52. The molecule has 1 N–H and O–H groups in total. The van der Waals surface area contributed by atoms with Crippen molar-refractivity contribution in [1.82, 2.24) is 5.32 Å². The highest BCUT2D eigenvalue weighted by Crippen LogP contribution is 1.96. The Balaban J connectivity index is 3.37. The van der Waals surface area contributed by atoms with E-state index in [1.54, 1.807) is 6.92 Å². The zero-order valence-corrected chi connectivity index (χ0v) is 9.23. The summed E-state index contributed by atoms with van der Waals surface area (Å²) in [4.78, 5) is 11.2. The van der Waals surface area contributed by atoms with Crippen molar-refractivity contribution in [3.63, 3.8) is 0 Å². The number of carbonyl (C=O) groups is 1. The molecule has 78 valence electrons. The van der Waals surface area contributed by atoms with Crippen LogP contribution in [0.1, 0.15) is 20.8 Å². The van der Waals surface area contributed by atoms with Crippen molar-refractivity contribution in [1.29, 1.82) is 0 Å². The molecular formula is C9H18ClNO2. The zero-order chi connectivity index (χ0) is 10.3. The first kappa shape index (κ1) is 12.7. The Morgan fingerprint density at radius 1 is 1.46 bits per heavy atom. The summed E-state index contributed by atoms with van der Waals surface area (Å²) in [5.74, 6) is 0.222. The second-order valence-corrected chi connectivity index (χ2v) is 3.57. The first-order chi connectivity index (χ1) is 6.07. The van der Waals surface area contributed by atoms with Gasteiger partial charge in [0.1, 0.15) is 0 Å². The van der Waals surface area contributed by atoms with Crippen molar-refractivity contribution in [3.05, 3.63) is 0 Å². The summed E-state index contributed by atoms with van der Waals surface area (Å²) in [7, 11) is 0. The summed E-state index contributed by atoms with van der Waals surface area (Å²) < 4.78 is 5.26. The molecule has 0 rings (SSSR count). The SMILES string of the molecule is CC(C)OCCNC(=O)C(C)CCl. The molecule has 0 heterocycles. The van der Waals surface area contributed by atoms with Crippen LogP contribution in [0.2, 0.25) is 0 Å². The number of halogens is 1. The molecule has 0 saturated carbocycles. The lowest BCUT2D eigenvalue weighted by Crippen LogP contribution is -2.33. The van der Waals surface area contributed by atoms with Gasteiger partial charge in [0.2, 0.25) is 5.91 Å². The van der Waals surface area contributed by atoms with E-state index in [0.29, 0.717) is 19.0 Å². The van der Waals surface area contributed by atoms with E-state index in [4.69, 9.17) is 16.3 Å². The number of rotatable bonds is 6. The zero-order valence-electron chi connectivity index (χ0n) is 8.47. The van der Waals surface area contributed by atoms with Gasteiger partial charge < -0.3 is 10.1 Å². The molecule has 1 atom stereocenters. The van der Waals surface area contributed by atoms with Crippen LogP contribution >= 0.6 is 11.6 Å². The molecule has 0 spiro atoms. The predicted octanol–water partition coefficient (Wildman–Crippen LogP) is 1.40. The third kappa shape index (κ3) is 6.84. The van der Waals surface area contributed by atoms with Crippen LogP contribution in [0, 0.1) is 5.92 Å². The van der Waals surface area contributed by atoms with E-state index in [2.05, 4.69) is 5.32 Å². The molecule has 0 saturated heterocycles. The van der Waals surface area contributed by atoms with Gasteiger partial charge in [0.25, 0.3) is 0 Å². The summed E-state index contributed by atoms with van der Waals surface area (Å²) in [6.45, 7) is 6.83. The lowest BCUT2D eigenvalue weighted by molar-refractivity contribution is -0.124. The number of ether oxygens (including phenoxy) is 1. The first-order valence-corrected chi connectivity index (χ1v) is 5.06. The predicted molar refractivity (Wildman–Crippen MR) is 54.0 cm³/mol. The number of hydrogen-bond donors (Lipinski definition) is 1. The van der Waals surface area contributed by atoms with Gasteiger partial charge in [-0.2, -0.15) is 0 Å². The Hall–Kier alpha value is -0.280. The first-order valence-electron chi connectivity index (χ1n) is 4.53. The van der Waals surface area contributed by atoms with Gasteiger partial charge in [-0.05, 0) is 13.8 Å². The van der Waals surface area contributed by atoms with E-state index in [0.717, 1.165) is 0 Å². The number of amides is 1. The highest BCUT2D eigenvalue weighted by molar-refractivity contribution is 6.19. The molecule has 0 aliphatic heterocycles. The van der Waals surface area contributed by atoms with Crippen LogP contribution in [0.25, 0.3) is 0 Å². The molecule has 0 bridgehead atoms. The topological polar surface area (TPSA) is 38.3 Å². The van der Waals surface area contributed by atoms with Crippen molar-refractivity contribution in [2.24, 2.45) is 5.92 Å². The number of nitrogens with one attached hydrogen (secondary N) is 1. The summed E-state index contributed by atoms with van der Waals surface area (Å²) in [6.07, 6.45) is 0.211. The molecule has 0 fully saturated rings. The summed E-state index contributed by atoms with van der Waals surface area (Å²) in [6, 6.07) is 0. The van der Waals surface area contributed by atoms with E-state index in [-0.39, 0.29) is 17.9 Å². The molecule has 0 aromatic carbocycles. The second-order valence-electron chi connectivity index (χ2n) is 3.27. The summed E-state index contributed by atoms with van der Waals surface area (Å²) in [5, 5.41) is 2.74. The van der Waals surface area contributed by atoms with Gasteiger partial charge >= 0.3 is 0 Å². The van der Waals surface area contributed by atoms with Crippen molar-refractivity contribution in [3.8, 4) is 0 Å². The quantitative estimate of drug-likeness (QED) is 0.528. The van der Waals surface area contributed by atoms with Crippen molar-refractivity contribution >= 4 is 17.5 Å². The smallest absolute Gasteiger partial charge is 0.224 e. The molecule has 0 radical (unpaired) electrons. The Morgan fingerprint density at radius 3 is 2.54 bits per heavy atom. The average Bonchev–Trinajstić information content (AvgIpc) is 2.10. The van der Waals surface area contributed by atoms with E-state index < -0.39 is 0 Å². The van der Waals surface area contributed by atoms with Crippen LogP contribution in [0.15, 0.2) is 0 Å². The van der Waals surface area contributed by atoms with E-state index >= 15 is 0 Å².